The van der Waals surface area contributed by atoms with Gasteiger partial charge in [-0.2, -0.15) is 9.57 Å². The third kappa shape index (κ3) is 4.56. The molecule has 0 spiro atoms. The second-order valence-corrected chi connectivity index (χ2v) is 11.2. The highest BCUT2D eigenvalue weighted by atomic mass is 32.2. The number of sulfonamides is 1. The molecular formula is C28H24FN5O8S. The zero-order chi connectivity index (χ0) is 31.1. The van der Waals surface area contributed by atoms with Crippen molar-refractivity contribution < 1.29 is 41.4 Å². The van der Waals surface area contributed by atoms with E-state index < -0.39 is 49.5 Å². The van der Waals surface area contributed by atoms with E-state index in [9.17, 15) is 28.1 Å². The lowest BCUT2D eigenvalue weighted by Crippen LogP contribution is -2.61. The second-order valence-electron chi connectivity index (χ2n) is 9.42. The monoisotopic (exact) mass is 609 g/mol. The Balaban J connectivity index is 1.82. The Kier molecular flexibility index (Phi) is 7.40. The molecule has 1 fully saturated rings. The number of halogens is 1. The number of amides is 3. The van der Waals surface area contributed by atoms with Gasteiger partial charge in [-0.15, -0.1) is 0 Å². The summed E-state index contributed by atoms with van der Waals surface area (Å²) in [6.07, 6.45) is 1.36. The second kappa shape index (κ2) is 10.9. The van der Waals surface area contributed by atoms with Gasteiger partial charge in [0, 0.05) is 23.9 Å². The van der Waals surface area contributed by atoms with Crippen LogP contribution in [0.4, 0.5) is 14.9 Å². The summed E-state index contributed by atoms with van der Waals surface area (Å²) in [6.45, 7) is 1.24. The van der Waals surface area contributed by atoms with Crippen molar-refractivity contribution in [3.8, 4) is 23.4 Å². The number of ether oxygens (including phenoxy) is 3. The van der Waals surface area contributed by atoms with Crippen LogP contribution < -0.4 is 23.8 Å². The summed E-state index contributed by atoms with van der Waals surface area (Å²) in [7, 11) is -2.31. The molecule has 0 radical (unpaired) electrons. The Morgan fingerprint density at radius 1 is 1.14 bits per heavy atom. The van der Waals surface area contributed by atoms with E-state index in [2.05, 4.69) is 10.3 Å². The first-order valence-corrected chi connectivity index (χ1v) is 14.2. The Morgan fingerprint density at radius 2 is 1.88 bits per heavy atom. The molecule has 3 heterocycles. The largest absolute Gasteiger partial charge is 0.497 e. The highest BCUT2D eigenvalue weighted by Crippen LogP contribution is 2.50. The minimum absolute atomic E-state index is 0.0770. The number of likely N-dealkylation sites (tertiary alicyclic amines) is 1. The van der Waals surface area contributed by atoms with Gasteiger partial charge in [-0.25, -0.2) is 22.6 Å². The lowest BCUT2D eigenvalue weighted by Gasteiger charge is -2.36. The van der Waals surface area contributed by atoms with Gasteiger partial charge in [0.15, 0.2) is 11.3 Å². The Bertz CT molecular complexity index is 1820. The van der Waals surface area contributed by atoms with E-state index >= 15 is 4.39 Å². The summed E-state index contributed by atoms with van der Waals surface area (Å²) in [5.74, 6) is -2.64. The molecule has 2 aliphatic rings. The number of nitrogens with zero attached hydrogens (tertiary/aromatic N) is 4. The number of carbonyl (C=O) groups is 3. The van der Waals surface area contributed by atoms with Crippen LogP contribution in [0.3, 0.4) is 0 Å². The summed E-state index contributed by atoms with van der Waals surface area (Å²) >= 11 is 0. The van der Waals surface area contributed by atoms with Gasteiger partial charge in [0.05, 0.1) is 50.7 Å². The van der Waals surface area contributed by atoms with Crippen LogP contribution in [0.2, 0.25) is 0 Å². The highest BCUT2D eigenvalue weighted by molar-refractivity contribution is 7.93. The number of hydrogen-bond donors (Lipinski definition) is 1. The van der Waals surface area contributed by atoms with Crippen molar-refractivity contribution in [1.29, 1.82) is 5.26 Å². The molecule has 0 bridgehead atoms. The normalized spacial score (nSPS) is 17.6. The zero-order valence-corrected chi connectivity index (χ0v) is 23.9. The maximum atomic E-state index is 15.2. The standard InChI is InChI=1S/C28H24FN5O8S/c1-4-42-25-19(6-5-9-31-25)28(32-27(37)33-14-17(35)15-33)20-10-16(13-30)21(29)12-22(20)34(26(28)36)43(38,39)24-8-7-18(40-2)11-23(24)41-3/h5-12H,4,14-15H2,1-3H3,(H,32,37)/t28-/m1/s1. The van der Waals surface area contributed by atoms with Crippen LogP contribution in [0.25, 0.3) is 0 Å². The van der Waals surface area contributed by atoms with Crippen molar-refractivity contribution in [1.82, 2.24) is 15.2 Å². The fraction of sp³-hybridized carbons (Fsp3) is 0.250. The van der Waals surface area contributed by atoms with Crippen molar-refractivity contribution in [3.63, 3.8) is 0 Å². The quantitative estimate of drug-likeness (QED) is 0.399. The first-order chi connectivity index (χ1) is 20.5. The number of ketones is 1. The third-order valence-corrected chi connectivity index (χ3v) is 8.73. The van der Waals surface area contributed by atoms with E-state index in [1.54, 1.807) is 13.0 Å². The number of benzene rings is 2. The molecule has 13 nitrogen and oxygen atoms in total. The van der Waals surface area contributed by atoms with Crippen molar-refractivity contribution in [2.75, 3.05) is 38.2 Å². The molecule has 1 aromatic heterocycles. The maximum Gasteiger partial charge on any atom is 0.319 e. The van der Waals surface area contributed by atoms with Gasteiger partial charge >= 0.3 is 6.03 Å². The summed E-state index contributed by atoms with van der Waals surface area (Å²) < 4.78 is 60.2. The number of hydrogen-bond acceptors (Lipinski definition) is 10. The molecule has 5 rings (SSSR count). The molecular weight excluding hydrogens is 585 g/mol. The summed E-state index contributed by atoms with van der Waals surface area (Å²) in [5.41, 5.74) is -3.70. The average molecular weight is 610 g/mol. The van der Waals surface area contributed by atoms with Crippen LogP contribution in [-0.2, 0) is 25.2 Å². The molecule has 43 heavy (non-hydrogen) atoms. The number of pyridine rings is 1. The smallest absolute Gasteiger partial charge is 0.319 e. The molecule has 1 atom stereocenters. The van der Waals surface area contributed by atoms with Gasteiger partial charge in [-0.3, -0.25) is 9.59 Å². The number of nitriles is 1. The third-order valence-electron chi connectivity index (χ3n) is 7.00. The molecule has 222 valence electrons. The first kappa shape index (κ1) is 29.3. The van der Waals surface area contributed by atoms with Gasteiger partial charge in [-0.1, -0.05) is 0 Å². The molecule has 0 saturated carbocycles. The van der Waals surface area contributed by atoms with Crippen LogP contribution in [0.5, 0.6) is 17.4 Å². The van der Waals surface area contributed by atoms with E-state index in [1.165, 1.54) is 44.7 Å². The van der Waals surface area contributed by atoms with Crippen LogP contribution >= 0.6 is 0 Å². The van der Waals surface area contributed by atoms with Gasteiger partial charge in [0.25, 0.3) is 15.9 Å². The van der Waals surface area contributed by atoms with E-state index in [4.69, 9.17) is 14.2 Å². The molecule has 3 aromatic rings. The number of Topliss-reactive ketones (excluding diaryl/α,β-unsaturated/α-hetero) is 1. The number of carbonyl (C=O) groups excluding carboxylic acids is 3. The lowest BCUT2D eigenvalue weighted by atomic mass is 9.83. The summed E-state index contributed by atoms with van der Waals surface area (Å²) in [5, 5.41) is 12.2. The predicted molar refractivity (Wildman–Crippen MR) is 147 cm³/mol. The molecule has 2 aromatic carbocycles. The van der Waals surface area contributed by atoms with E-state index in [0.29, 0.717) is 4.31 Å². The number of fused-ring (bicyclic) bond motifs is 1. The van der Waals surface area contributed by atoms with Crippen LogP contribution in [0, 0.1) is 17.1 Å². The van der Waals surface area contributed by atoms with Gasteiger partial charge in [-0.05, 0) is 37.3 Å². The number of methoxy groups -OCH3 is 2. The van der Waals surface area contributed by atoms with Crippen molar-refractivity contribution in [3.05, 3.63) is 71.2 Å². The molecule has 2 aliphatic heterocycles. The average Bonchev–Trinajstić information content (AvgIpc) is 3.22. The van der Waals surface area contributed by atoms with Crippen LogP contribution in [0.1, 0.15) is 23.6 Å². The fourth-order valence-electron chi connectivity index (χ4n) is 4.96. The van der Waals surface area contributed by atoms with Crippen LogP contribution in [0.15, 0.2) is 53.6 Å². The molecule has 0 aliphatic carbocycles. The van der Waals surface area contributed by atoms with Gasteiger partial charge in [0.2, 0.25) is 5.88 Å². The van der Waals surface area contributed by atoms with Gasteiger partial charge in [0.1, 0.15) is 28.3 Å². The van der Waals surface area contributed by atoms with E-state index in [1.807, 2.05) is 0 Å². The summed E-state index contributed by atoms with van der Waals surface area (Å²) in [4.78, 5) is 44.7. The number of aromatic nitrogens is 1. The number of urea groups is 1. The summed E-state index contributed by atoms with van der Waals surface area (Å²) in [6, 6.07) is 9.12. The molecule has 1 N–H and O–H groups in total. The minimum atomic E-state index is -4.89. The lowest BCUT2D eigenvalue weighted by molar-refractivity contribution is -0.126. The van der Waals surface area contributed by atoms with E-state index in [0.717, 1.165) is 23.1 Å². The molecule has 1 saturated heterocycles. The number of anilines is 1. The van der Waals surface area contributed by atoms with Crippen molar-refractivity contribution in [2.45, 2.75) is 17.4 Å². The maximum absolute atomic E-state index is 15.2. The van der Waals surface area contributed by atoms with Crippen LogP contribution in [-0.4, -0.2) is 69.9 Å². The number of rotatable bonds is 8. The predicted octanol–water partition coefficient (Wildman–Crippen LogP) is 2.08. The SMILES string of the molecule is CCOc1ncccc1[C@]1(NC(=O)N2CC(=O)C2)C(=O)N(S(=O)(=O)c2ccc(OC)cc2OC)c2cc(F)c(C#N)cc21. The molecule has 15 heteroatoms. The van der Waals surface area contributed by atoms with Crippen molar-refractivity contribution in [2.24, 2.45) is 0 Å². The Morgan fingerprint density at radius 3 is 2.51 bits per heavy atom. The molecule has 3 amide bonds. The van der Waals surface area contributed by atoms with Gasteiger partial charge < -0.3 is 24.4 Å². The van der Waals surface area contributed by atoms with Crippen molar-refractivity contribution >= 4 is 33.4 Å². The van der Waals surface area contributed by atoms with E-state index in [-0.39, 0.29) is 54.0 Å². The number of nitrogens with one attached hydrogen (secondary N) is 1. The highest BCUT2D eigenvalue weighted by Gasteiger charge is 2.60. The zero-order valence-electron chi connectivity index (χ0n) is 23.1. The Hall–Kier alpha value is -5.23. The topological polar surface area (TPSA) is 168 Å². The molecule has 0 unspecified atom stereocenters. The fourth-order valence-corrected chi connectivity index (χ4v) is 6.56. The Labute approximate surface area is 245 Å². The first-order valence-electron chi connectivity index (χ1n) is 12.8. The minimum Gasteiger partial charge on any atom is -0.497 e.